The number of benzene rings is 3. The maximum Gasteiger partial charge on any atom is 0.333 e. The van der Waals surface area contributed by atoms with E-state index in [0.717, 1.165) is 0 Å². The average Bonchev–Trinajstić information content (AvgIpc) is 2.96. The number of methoxy groups -OCH3 is 1. The van der Waals surface area contributed by atoms with E-state index in [1.54, 1.807) is 72.9 Å². The van der Waals surface area contributed by atoms with Crippen molar-refractivity contribution in [3.05, 3.63) is 131 Å². The lowest BCUT2D eigenvalue weighted by Gasteiger charge is -2.22. The molecule has 0 bridgehead atoms. The molecular formula is C29H26ClN3O5S. The summed E-state index contributed by atoms with van der Waals surface area (Å²) >= 11 is 5.96. The van der Waals surface area contributed by atoms with Gasteiger partial charge >= 0.3 is 5.97 Å². The van der Waals surface area contributed by atoms with E-state index in [9.17, 15) is 18.0 Å². The molecule has 0 saturated heterocycles. The molecule has 0 saturated carbocycles. The minimum absolute atomic E-state index is 0.0399. The molecule has 1 aromatic heterocycles. The summed E-state index contributed by atoms with van der Waals surface area (Å²) in [5, 5.41) is 3.14. The first-order valence-electron chi connectivity index (χ1n) is 12.0. The molecule has 1 atom stereocenters. The van der Waals surface area contributed by atoms with Crippen molar-refractivity contribution in [2.75, 3.05) is 7.11 Å². The van der Waals surface area contributed by atoms with E-state index in [-0.39, 0.29) is 18.0 Å². The number of ether oxygens (including phenoxy) is 1. The van der Waals surface area contributed by atoms with E-state index < -0.39 is 27.9 Å². The molecule has 0 aliphatic heterocycles. The number of nitrogens with zero attached hydrogens (tertiary/aromatic N) is 2. The summed E-state index contributed by atoms with van der Waals surface area (Å²) in [6, 6.07) is 25.6. The Morgan fingerprint density at radius 2 is 1.56 bits per heavy atom. The highest BCUT2D eigenvalue weighted by molar-refractivity contribution is 7.89. The number of sulfonamides is 1. The van der Waals surface area contributed by atoms with Crippen molar-refractivity contribution in [1.29, 1.82) is 0 Å². The Hall–Kier alpha value is -4.05. The Balaban J connectivity index is 1.55. The first-order chi connectivity index (χ1) is 18.8. The van der Waals surface area contributed by atoms with Crippen LogP contribution in [0.4, 0.5) is 0 Å². The number of amides is 1. The lowest BCUT2D eigenvalue weighted by molar-refractivity contribution is -0.143. The number of nitrogens with one attached hydrogen (secondary N) is 1. The summed E-state index contributed by atoms with van der Waals surface area (Å²) < 4.78 is 33.2. The normalized spacial score (nSPS) is 12.1. The van der Waals surface area contributed by atoms with Crippen LogP contribution >= 0.6 is 11.6 Å². The lowest BCUT2D eigenvalue weighted by Crippen LogP contribution is -2.34. The van der Waals surface area contributed by atoms with Crippen molar-refractivity contribution < 1.29 is 22.7 Å². The molecule has 0 radical (unpaired) electrons. The molecule has 8 nitrogen and oxygen atoms in total. The minimum Gasteiger partial charge on any atom is -0.467 e. The lowest BCUT2D eigenvalue weighted by atomic mass is 10.1. The fourth-order valence-corrected chi connectivity index (χ4v) is 5.40. The monoisotopic (exact) mass is 563 g/mol. The van der Waals surface area contributed by atoms with Crippen LogP contribution in [0.15, 0.2) is 108 Å². The number of hydrogen-bond donors (Lipinski definition) is 1. The largest absolute Gasteiger partial charge is 0.467 e. The van der Waals surface area contributed by atoms with Gasteiger partial charge in [-0.25, -0.2) is 13.2 Å². The summed E-state index contributed by atoms with van der Waals surface area (Å²) in [5.41, 5.74) is 2.14. The van der Waals surface area contributed by atoms with Crippen molar-refractivity contribution >= 4 is 33.5 Å². The molecule has 4 rings (SSSR count). The van der Waals surface area contributed by atoms with Crippen LogP contribution in [-0.4, -0.2) is 36.7 Å². The number of pyridine rings is 1. The predicted molar refractivity (Wildman–Crippen MR) is 147 cm³/mol. The van der Waals surface area contributed by atoms with Gasteiger partial charge in [-0.3, -0.25) is 9.78 Å². The van der Waals surface area contributed by atoms with Gasteiger partial charge in [0.25, 0.3) is 5.91 Å². The Labute approximate surface area is 232 Å². The van der Waals surface area contributed by atoms with Crippen LogP contribution in [0.5, 0.6) is 0 Å². The van der Waals surface area contributed by atoms with Crippen molar-refractivity contribution in [1.82, 2.24) is 14.6 Å². The molecule has 1 amide bonds. The van der Waals surface area contributed by atoms with Gasteiger partial charge in [0.2, 0.25) is 10.0 Å². The topological polar surface area (TPSA) is 106 Å². The van der Waals surface area contributed by atoms with Gasteiger partial charge in [-0.15, -0.1) is 0 Å². The van der Waals surface area contributed by atoms with Gasteiger partial charge in [0.05, 0.1) is 24.2 Å². The fraction of sp³-hybridized carbons (Fsp3) is 0.138. The quantitative estimate of drug-likeness (QED) is 0.279. The van der Waals surface area contributed by atoms with Crippen molar-refractivity contribution in [2.45, 2.75) is 24.0 Å². The van der Waals surface area contributed by atoms with Gasteiger partial charge in [0.1, 0.15) is 0 Å². The number of carbonyl (C=O) groups excluding carboxylic acids is 2. The molecule has 0 aliphatic carbocycles. The molecule has 39 heavy (non-hydrogen) atoms. The van der Waals surface area contributed by atoms with Crippen molar-refractivity contribution in [3.8, 4) is 0 Å². The predicted octanol–water partition coefficient (Wildman–Crippen LogP) is 4.77. The van der Waals surface area contributed by atoms with Crippen LogP contribution in [-0.2, 0) is 32.6 Å². The summed E-state index contributed by atoms with van der Waals surface area (Å²) in [6.07, 6.45) is 1.60. The highest BCUT2D eigenvalue weighted by Crippen LogP contribution is 2.23. The second-order valence-corrected chi connectivity index (χ2v) is 11.0. The second kappa shape index (κ2) is 12.7. The third kappa shape index (κ3) is 7.08. The minimum atomic E-state index is -3.90. The molecule has 0 fully saturated rings. The van der Waals surface area contributed by atoms with Crippen LogP contribution in [0.1, 0.15) is 33.2 Å². The number of aromatic nitrogens is 1. The van der Waals surface area contributed by atoms with Gasteiger partial charge in [-0.1, -0.05) is 60.1 Å². The van der Waals surface area contributed by atoms with Crippen LogP contribution in [0.2, 0.25) is 5.02 Å². The third-order valence-corrected chi connectivity index (χ3v) is 7.99. The van der Waals surface area contributed by atoms with Crippen LogP contribution < -0.4 is 5.32 Å². The molecule has 1 unspecified atom stereocenters. The van der Waals surface area contributed by atoms with Crippen molar-refractivity contribution in [2.24, 2.45) is 0 Å². The zero-order valence-corrected chi connectivity index (χ0v) is 22.6. The standard InChI is InChI=1S/C29H26ClN3O5S/c1-38-29(35)27(22-7-3-2-4-8-22)32-28(34)23-12-10-21(11-13-23)19-33(20-25-9-5-6-18-31-25)39(36,37)26-16-14-24(30)15-17-26/h2-18,27H,19-20H2,1H3,(H,32,34). The van der Waals surface area contributed by atoms with E-state index in [1.165, 1.54) is 35.7 Å². The summed E-state index contributed by atoms with van der Waals surface area (Å²) in [4.78, 5) is 29.7. The van der Waals surface area contributed by atoms with Gasteiger partial charge in [0, 0.05) is 23.3 Å². The van der Waals surface area contributed by atoms with Gasteiger partial charge < -0.3 is 10.1 Å². The van der Waals surface area contributed by atoms with Gasteiger partial charge in [-0.2, -0.15) is 4.31 Å². The molecule has 3 aromatic carbocycles. The Bertz CT molecular complexity index is 1520. The number of halogens is 1. The van der Waals surface area contributed by atoms with E-state index in [1.807, 2.05) is 6.07 Å². The number of hydrogen-bond acceptors (Lipinski definition) is 6. The van der Waals surface area contributed by atoms with E-state index >= 15 is 0 Å². The van der Waals surface area contributed by atoms with Gasteiger partial charge in [0.15, 0.2) is 6.04 Å². The molecular weight excluding hydrogens is 538 g/mol. The van der Waals surface area contributed by atoms with Crippen LogP contribution in [0.3, 0.4) is 0 Å². The average molecular weight is 564 g/mol. The highest BCUT2D eigenvalue weighted by Gasteiger charge is 2.26. The first-order valence-corrected chi connectivity index (χ1v) is 13.8. The number of rotatable bonds is 10. The maximum atomic E-state index is 13.5. The van der Waals surface area contributed by atoms with Crippen molar-refractivity contribution in [3.63, 3.8) is 0 Å². The Morgan fingerprint density at radius 3 is 2.18 bits per heavy atom. The van der Waals surface area contributed by atoms with E-state index in [2.05, 4.69) is 10.3 Å². The second-order valence-electron chi connectivity index (χ2n) is 8.59. The van der Waals surface area contributed by atoms with E-state index in [4.69, 9.17) is 16.3 Å². The molecule has 1 N–H and O–H groups in total. The molecule has 0 spiro atoms. The van der Waals surface area contributed by atoms with Gasteiger partial charge in [-0.05, 0) is 59.7 Å². The molecule has 10 heteroatoms. The molecule has 0 aliphatic rings. The first kappa shape index (κ1) is 28.0. The Kier molecular flexibility index (Phi) is 9.08. The third-order valence-electron chi connectivity index (χ3n) is 5.94. The smallest absolute Gasteiger partial charge is 0.333 e. The Morgan fingerprint density at radius 1 is 0.897 bits per heavy atom. The number of esters is 1. The maximum absolute atomic E-state index is 13.5. The van der Waals surface area contributed by atoms with E-state index in [0.29, 0.717) is 27.4 Å². The summed E-state index contributed by atoms with van der Waals surface area (Å²) in [7, 11) is -2.64. The molecule has 4 aromatic rings. The highest BCUT2D eigenvalue weighted by atomic mass is 35.5. The summed E-state index contributed by atoms with van der Waals surface area (Å²) in [6.45, 7) is 0.0875. The zero-order valence-electron chi connectivity index (χ0n) is 21.0. The summed E-state index contributed by atoms with van der Waals surface area (Å²) in [5.74, 6) is -1.07. The fourth-order valence-electron chi connectivity index (χ4n) is 3.88. The molecule has 200 valence electrons. The molecule has 1 heterocycles. The van der Waals surface area contributed by atoms with Crippen LogP contribution in [0.25, 0.3) is 0 Å². The SMILES string of the molecule is COC(=O)C(NC(=O)c1ccc(CN(Cc2ccccn2)S(=O)(=O)c2ccc(Cl)cc2)cc1)c1ccccc1. The number of carbonyl (C=O) groups is 2. The van der Waals surface area contributed by atoms with Crippen LogP contribution in [0, 0.1) is 0 Å². The zero-order chi connectivity index (χ0) is 27.8.